The van der Waals surface area contributed by atoms with E-state index in [9.17, 15) is 4.79 Å². The maximum absolute atomic E-state index is 11.7. The van der Waals surface area contributed by atoms with Crippen molar-refractivity contribution in [2.45, 2.75) is 26.3 Å². The summed E-state index contributed by atoms with van der Waals surface area (Å²) in [5, 5.41) is 0. The number of hydrogen-bond acceptors (Lipinski definition) is 3. The second-order valence-corrected chi connectivity index (χ2v) is 4.29. The first kappa shape index (κ1) is 14.5. The van der Waals surface area contributed by atoms with Crippen LogP contribution in [0.25, 0.3) is 0 Å². The number of nitrogens with two attached hydrogens (primary N) is 1. The molecule has 0 aliphatic carbocycles. The Morgan fingerprint density at radius 2 is 2.17 bits per heavy atom. The third-order valence-electron chi connectivity index (χ3n) is 2.94. The predicted molar refractivity (Wildman–Crippen MR) is 72.5 cm³/mol. The third-order valence-corrected chi connectivity index (χ3v) is 2.94. The van der Waals surface area contributed by atoms with Crippen LogP contribution in [0.1, 0.15) is 24.5 Å². The lowest BCUT2D eigenvalue weighted by atomic mass is 10.1. The minimum Gasteiger partial charge on any atom is -0.496 e. The van der Waals surface area contributed by atoms with Gasteiger partial charge >= 0.3 is 0 Å². The van der Waals surface area contributed by atoms with E-state index in [2.05, 4.69) is 13.0 Å². The number of hydrogen-bond donors (Lipinski definition) is 1. The number of nitrogens with zero attached hydrogens (tertiary/aromatic N) is 1. The van der Waals surface area contributed by atoms with E-state index in [1.165, 1.54) is 5.56 Å². The average molecular weight is 250 g/mol. The molecule has 1 aromatic rings. The molecule has 0 radical (unpaired) electrons. The van der Waals surface area contributed by atoms with E-state index in [1.807, 2.05) is 12.1 Å². The molecule has 18 heavy (non-hydrogen) atoms. The summed E-state index contributed by atoms with van der Waals surface area (Å²) in [4.78, 5) is 13.4. The fourth-order valence-electron chi connectivity index (χ4n) is 1.83. The van der Waals surface area contributed by atoms with Gasteiger partial charge < -0.3 is 15.4 Å². The van der Waals surface area contributed by atoms with Gasteiger partial charge in [-0.15, -0.1) is 0 Å². The molecule has 0 spiro atoms. The number of carbonyl (C=O) groups excluding carboxylic acids is 1. The Bertz CT molecular complexity index is 405. The first-order chi connectivity index (χ1) is 8.62. The van der Waals surface area contributed by atoms with E-state index in [-0.39, 0.29) is 5.91 Å². The molecule has 0 saturated carbocycles. The molecule has 4 heteroatoms. The van der Waals surface area contributed by atoms with Crippen molar-refractivity contribution >= 4 is 5.91 Å². The van der Waals surface area contributed by atoms with Crippen LogP contribution in [-0.4, -0.2) is 31.5 Å². The molecule has 0 unspecified atom stereocenters. The summed E-state index contributed by atoms with van der Waals surface area (Å²) >= 11 is 0. The van der Waals surface area contributed by atoms with Gasteiger partial charge in [0.2, 0.25) is 5.91 Å². The highest BCUT2D eigenvalue weighted by molar-refractivity contribution is 5.76. The molecule has 2 N–H and O–H groups in total. The fraction of sp³-hybridized carbons (Fsp3) is 0.500. The summed E-state index contributed by atoms with van der Waals surface area (Å²) < 4.78 is 5.32. The van der Waals surface area contributed by atoms with Crippen LogP contribution in [0.2, 0.25) is 0 Å². The molecule has 0 atom stereocenters. The first-order valence-corrected chi connectivity index (χ1v) is 6.22. The smallest absolute Gasteiger partial charge is 0.223 e. The van der Waals surface area contributed by atoms with Crippen LogP contribution in [0.15, 0.2) is 18.2 Å². The lowest BCUT2D eigenvalue weighted by molar-refractivity contribution is -0.130. The van der Waals surface area contributed by atoms with Crippen molar-refractivity contribution in [3.05, 3.63) is 29.3 Å². The Morgan fingerprint density at radius 1 is 1.44 bits per heavy atom. The molecule has 1 amide bonds. The van der Waals surface area contributed by atoms with Crippen molar-refractivity contribution in [1.82, 2.24) is 4.90 Å². The van der Waals surface area contributed by atoms with Crippen molar-refractivity contribution in [3.63, 3.8) is 0 Å². The second kappa shape index (κ2) is 7.01. The Kier molecular flexibility index (Phi) is 5.65. The molecule has 0 aliphatic heterocycles. The SMILES string of the molecule is CCc1ccc(OC)c(CN(C)C(=O)CCN)c1. The lowest BCUT2D eigenvalue weighted by Crippen LogP contribution is -2.28. The van der Waals surface area contributed by atoms with Crippen LogP contribution in [0.4, 0.5) is 0 Å². The quantitative estimate of drug-likeness (QED) is 0.833. The predicted octanol–water partition coefficient (Wildman–Crippen LogP) is 1.56. The molecule has 4 nitrogen and oxygen atoms in total. The molecular formula is C14H22N2O2. The van der Waals surface area contributed by atoms with E-state index < -0.39 is 0 Å². The fourth-order valence-corrected chi connectivity index (χ4v) is 1.83. The van der Waals surface area contributed by atoms with Crippen molar-refractivity contribution in [3.8, 4) is 5.75 Å². The van der Waals surface area contributed by atoms with Gasteiger partial charge in [-0.1, -0.05) is 19.1 Å². The lowest BCUT2D eigenvalue weighted by Gasteiger charge is -2.19. The van der Waals surface area contributed by atoms with Gasteiger partial charge in [0.25, 0.3) is 0 Å². The summed E-state index contributed by atoms with van der Waals surface area (Å²) in [6.07, 6.45) is 1.35. The van der Waals surface area contributed by atoms with Gasteiger partial charge in [-0.25, -0.2) is 0 Å². The molecule has 0 bridgehead atoms. The normalized spacial score (nSPS) is 10.2. The highest BCUT2D eigenvalue weighted by atomic mass is 16.5. The number of carbonyl (C=O) groups is 1. The van der Waals surface area contributed by atoms with E-state index >= 15 is 0 Å². The van der Waals surface area contributed by atoms with Crippen LogP contribution in [0, 0.1) is 0 Å². The maximum atomic E-state index is 11.7. The van der Waals surface area contributed by atoms with E-state index in [1.54, 1.807) is 19.1 Å². The van der Waals surface area contributed by atoms with Gasteiger partial charge in [-0.3, -0.25) is 4.79 Å². The summed E-state index contributed by atoms with van der Waals surface area (Å²) in [7, 11) is 3.43. The standard InChI is InChI=1S/C14H22N2O2/c1-4-11-5-6-13(18-3)12(9-11)10-16(2)14(17)7-8-15/h5-6,9H,4,7-8,10,15H2,1-3H3. The summed E-state index contributed by atoms with van der Waals surface area (Å²) in [6, 6.07) is 6.09. The molecule has 0 saturated heterocycles. The number of aryl methyl sites for hydroxylation is 1. The highest BCUT2D eigenvalue weighted by Gasteiger charge is 2.11. The Hall–Kier alpha value is -1.55. The van der Waals surface area contributed by atoms with Crippen molar-refractivity contribution < 1.29 is 9.53 Å². The van der Waals surface area contributed by atoms with E-state index in [0.29, 0.717) is 19.5 Å². The van der Waals surface area contributed by atoms with Gasteiger partial charge in [0.1, 0.15) is 5.75 Å². The maximum Gasteiger partial charge on any atom is 0.223 e. The summed E-state index contributed by atoms with van der Waals surface area (Å²) in [5.41, 5.74) is 7.66. The number of methoxy groups -OCH3 is 1. The number of rotatable bonds is 6. The van der Waals surface area contributed by atoms with Crippen LogP contribution in [0.3, 0.4) is 0 Å². The van der Waals surface area contributed by atoms with Gasteiger partial charge in [0, 0.05) is 32.1 Å². The average Bonchev–Trinajstić information content (AvgIpc) is 2.38. The first-order valence-electron chi connectivity index (χ1n) is 6.22. The highest BCUT2D eigenvalue weighted by Crippen LogP contribution is 2.21. The number of amides is 1. The molecule has 0 aliphatic rings. The minimum atomic E-state index is 0.0569. The van der Waals surface area contributed by atoms with Crippen LogP contribution < -0.4 is 10.5 Å². The Morgan fingerprint density at radius 3 is 2.72 bits per heavy atom. The molecule has 100 valence electrons. The summed E-state index contributed by atoms with van der Waals surface area (Å²) in [5.74, 6) is 0.876. The topological polar surface area (TPSA) is 55.6 Å². The zero-order valence-electron chi connectivity index (χ0n) is 11.4. The van der Waals surface area contributed by atoms with Gasteiger partial charge in [-0.05, 0) is 18.1 Å². The van der Waals surface area contributed by atoms with Crippen LogP contribution in [0.5, 0.6) is 5.75 Å². The molecule has 1 rings (SSSR count). The van der Waals surface area contributed by atoms with Crippen molar-refractivity contribution in [1.29, 1.82) is 0 Å². The van der Waals surface area contributed by atoms with E-state index in [0.717, 1.165) is 17.7 Å². The molecule has 0 fully saturated rings. The second-order valence-electron chi connectivity index (χ2n) is 4.29. The summed E-state index contributed by atoms with van der Waals surface area (Å²) in [6.45, 7) is 3.04. The Balaban J connectivity index is 2.84. The van der Waals surface area contributed by atoms with Crippen molar-refractivity contribution in [2.75, 3.05) is 20.7 Å². The zero-order valence-corrected chi connectivity index (χ0v) is 11.4. The zero-order chi connectivity index (χ0) is 13.5. The Labute approximate surface area is 109 Å². The minimum absolute atomic E-state index is 0.0569. The number of benzene rings is 1. The van der Waals surface area contributed by atoms with Gasteiger partial charge in [0.05, 0.1) is 7.11 Å². The van der Waals surface area contributed by atoms with E-state index in [4.69, 9.17) is 10.5 Å². The van der Waals surface area contributed by atoms with Crippen LogP contribution >= 0.6 is 0 Å². The largest absolute Gasteiger partial charge is 0.496 e. The third kappa shape index (κ3) is 3.74. The van der Waals surface area contributed by atoms with Gasteiger partial charge in [-0.2, -0.15) is 0 Å². The van der Waals surface area contributed by atoms with Gasteiger partial charge in [0.15, 0.2) is 0 Å². The van der Waals surface area contributed by atoms with Crippen LogP contribution in [-0.2, 0) is 17.8 Å². The molecule has 0 heterocycles. The number of ether oxygens (including phenoxy) is 1. The molecular weight excluding hydrogens is 228 g/mol. The monoisotopic (exact) mass is 250 g/mol. The van der Waals surface area contributed by atoms with Crippen molar-refractivity contribution in [2.24, 2.45) is 5.73 Å². The molecule has 1 aromatic carbocycles. The molecule has 0 aromatic heterocycles.